The maximum Gasteiger partial charge on any atom is 0.223 e. The van der Waals surface area contributed by atoms with Crippen molar-refractivity contribution in [3.8, 4) is 0 Å². The lowest BCUT2D eigenvalue weighted by atomic mass is 9.88. The molecule has 0 aromatic rings. The molecule has 3 heteroatoms. The highest BCUT2D eigenvalue weighted by molar-refractivity contribution is 5.79. The molecule has 2 fully saturated rings. The number of carbonyl (C=O) groups excluding carboxylic acids is 1. The number of rotatable bonds is 2. The Hall–Kier alpha value is -0.570. The molecule has 0 spiro atoms. The summed E-state index contributed by atoms with van der Waals surface area (Å²) in [4.78, 5) is 14.4. The number of likely N-dealkylation sites (tertiary alicyclic amines) is 1. The summed E-state index contributed by atoms with van der Waals surface area (Å²) in [6.45, 7) is 2.20. The van der Waals surface area contributed by atoms with Crippen LogP contribution in [-0.2, 0) is 4.79 Å². The molecule has 16 heavy (non-hydrogen) atoms. The molecule has 3 nitrogen and oxygen atoms in total. The average Bonchev–Trinajstić information content (AvgIpc) is 2.30. The quantitative estimate of drug-likeness (QED) is 0.775. The molecule has 0 bridgehead atoms. The third-order valence-electron chi connectivity index (χ3n) is 3.95. The van der Waals surface area contributed by atoms with Crippen LogP contribution in [0.5, 0.6) is 0 Å². The number of amides is 1. The maximum absolute atomic E-state index is 12.0. The molecule has 2 aliphatic rings. The van der Waals surface area contributed by atoms with Gasteiger partial charge < -0.3 is 10.2 Å². The van der Waals surface area contributed by atoms with Crippen LogP contribution in [0.15, 0.2) is 0 Å². The molecule has 1 aliphatic carbocycles. The summed E-state index contributed by atoms with van der Waals surface area (Å²) in [5.41, 5.74) is 0. The Morgan fingerprint density at radius 1 is 1.12 bits per heavy atom. The lowest BCUT2D eigenvalue weighted by Crippen LogP contribution is -2.48. The molecule has 1 aliphatic heterocycles. The van der Waals surface area contributed by atoms with Crippen LogP contribution in [-0.4, -0.2) is 37.0 Å². The summed E-state index contributed by atoms with van der Waals surface area (Å²) in [5, 5.41) is 3.24. The fraction of sp³-hybridized carbons (Fsp3) is 0.923. The van der Waals surface area contributed by atoms with E-state index >= 15 is 0 Å². The van der Waals surface area contributed by atoms with Crippen LogP contribution >= 0.6 is 0 Å². The van der Waals surface area contributed by atoms with Crippen LogP contribution in [0.2, 0.25) is 0 Å². The largest absolute Gasteiger partial charge is 0.352 e. The summed E-state index contributed by atoms with van der Waals surface area (Å²) in [5.74, 6) is 0.626. The van der Waals surface area contributed by atoms with Gasteiger partial charge in [-0.2, -0.15) is 0 Å². The van der Waals surface area contributed by atoms with Crippen molar-refractivity contribution < 1.29 is 4.79 Å². The summed E-state index contributed by atoms with van der Waals surface area (Å²) in [7, 11) is 2.14. The highest BCUT2D eigenvalue weighted by Crippen LogP contribution is 2.24. The predicted molar refractivity (Wildman–Crippen MR) is 65.2 cm³/mol. The number of nitrogens with zero attached hydrogens (tertiary/aromatic N) is 1. The minimum absolute atomic E-state index is 0.306. The summed E-state index contributed by atoms with van der Waals surface area (Å²) < 4.78 is 0. The third-order valence-corrected chi connectivity index (χ3v) is 3.95. The van der Waals surface area contributed by atoms with E-state index in [0.717, 1.165) is 25.8 Å². The van der Waals surface area contributed by atoms with Gasteiger partial charge in [0.05, 0.1) is 0 Å². The Morgan fingerprint density at radius 3 is 2.56 bits per heavy atom. The Balaban J connectivity index is 1.77. The van der Waals surface area contributed by atoms with Gasteiger partial charge in [-0.3, -0.25) is 4.79 Å². The van der Waals surface area contributed by atoms with Gasteiger partial charge in [0.15, 0.2) is 0 Å². The van der Waals surface area contributed by atoms with Crippen LogP contribution < -0.4 is 5.32 Å². The molecule has 1 N–H and O–H groups in total. The van der Waals surface area contributed by atoms with Crippen LogP contribution in [0.25, 0.3) is 0 Å². The molecule has 2 rings (SSSR count). The first-order valence-electron chi connectivity index (χ1n) is 6.74. The third kappa shape index (κ3) is 3.21. The van der Waals surface area contributed by atoms with E-state index in [-0.39, 0.29) is 0 Å². The van der Waals surface area contributed by atoms with E-state index < -0.39 is 0 Å². The number of hydrogen-bond donors (Lipinski definition) is 1. The molecule has 92 valence electrons. The van der Waals surface area contributed by atoms with Gasteiger partial charge in [-0.15, -0.1) is 0 Å². The van der Waals surface area contributed by atoms with Crippen molar-refractivity contribution in [2.45, 2.75) is 51.0 Å². The Kier molecular flexibility index (Phi) is 4.22. The number of piperidine rings is 1. The standard InChI is InChI=1S/C13H24N2O/c1-15-9-5-8-12(10-15)14-13(16)11-6-3-2-4-7-11/h11-12H,2-10H2,1H3,(H,14,16). The Labute approximate surface area is 98.6 Å². The maximum atomic E-state index is 12.0. The van der Waals surface area contributed by atoms with E-state index in [1.165, 1.54) is 32.2 Å². The second-order valence-electron chi connectivity index (χ2n) is 5.44. The molecule has 0 aromatic heterocycles. The first-order chi connectivity index (χ1) is 7.75. The van der Waals surface area contributed by atoms with Crippen molar-refractivity contribution in [1.82, 2.24) is 10.2 Å². The normalized spacial score (nSPS) is 28.9. The fourth-order valence-corrected chi connectivity index (χ4v) is 2.97. The molecule has 1 atom stereocenters. The Bertz CT molecular complexity index is 236. The van der Waals surface area contributed by atoms with Gasteiger partial charge in [0.25, 0.3) is 0 Å². The topological polar surface area (TPSA) is 32.3 Å². The van der Waals surface area contributed by atoms with Gasteiger partial charge in [-0.05, 0) is 39.3 Å². The summed E-state index contributed by atoms with van der Waals surface area (Å²) >= 11 is 0. The Morgan fingerprint density at radius 2 is 1.88 bits per heavy atom. The second kappa shape index (κ2) is 5.67. The lowest BCUT2D eigenvalue weighted by molar-refractivity contribution is -0.127. The minimum Gasteiger partial charge on any atom is -0.352 e. The first-order valence-corrected chi connectivity index (χ1v) is 6.74. The zero-order valence-electron chi connectivity index (χ0n) is 10.4. The van der Waals surface area contributed by atoms with Crippen molar-refractivity contribution in [2.75, 3.05) is 20.1 Å². The van der Waals surface area contributed by atoms with Crippen LogP contribution in [0.1, 0.15) is 44.9 Å². The van der Waals surface area contributed by atoms with E-state index in [9.17, 15) is 4.79 Å². The molecular formula is C13H24N2O. The SMILES string of the molecule is CN1CCCC(NC(=O)C2CCCCC2)C1. The molecular weight excluding hydrogens is 200 g/mol. The van der Waals surface area contributed by atoms with Gasteiger partial charge in [0.1, 0.15) is 0 Å². The zero-order valence-corrected chi connectivity index (χ0v) is 10.4. The highest BCUT2D eigenvalue weighted by Gasteiger charge is 2.25. The van der Waals surface area contributed by atoms with Crippen LogP contribution in [0, 0.1) is 5.92 Å². The van der Waals surface area contributed by atoms with Crippen molar-refractivity contribution in [3.63, 3.8) is 0 Å². The van der Waals surface area contributed by atoms with E-state index in [4.69, 9.17) is 0 Å². The van der Waals surface area contributed by atoms with Gasteiger partial charge in [0.2, 0.25) is 5.91 Å². The predicted octanol–water partition coefficient (Wildman–Crippen LogP) is 1.78. The van der Waals surface area contributed by atoms with Crippen molar-refractivity contribution >= 4 is 5.91 Å². The summed E-state index contributed by atoms with van der Waals surface area (Å²) in [6, 6.07) is 0.396. The average molecular weight is 224 g/mol. The molecule has 1 saturated heterocycles. The molecule has 1 heterocycles. The highest BCUT2D eigenvalue weighted by atomic mass is 16.1. The van der Waals surface area contributed by atoms with E-state index in [0.29, 0.717) is 17.9 Å². The first kappa shape index (κ1) is 11.9. The number of nitrogens with one attached hydrogen (secondary N) is 1. The van der Waals surface area contributed by atoms with Crippen LogP contribution in [0.4, 0.5) is 0 Å². The molecule has 1 amide bonds. The molecule has 1 saturated carbocycles. The van der Waals surface area contributed by atoms with Gasteiger partial charge in [-0.25, -0.2) is 0 Å². The van der Waals surface area contributed by atoms with Crippen molar-refractivity contribution in [1.29, 1.82) is 0 Å². The van der Waals surface area contributed by atoms with Gasteiger partial charge >= 0.3 is 0 Å². The minimum atomic E-state index is 0.306. The van der Waals surface area contributed by atoms with Crippen LogP contribution in [0.3, 0.4) is 0 Å². The van der Waals surface area contributed by atoms with Gasteiger partial charge in [0, 0.05) is 18.5 Å². The van der Waals surface area contributed by atoms with E-state index in [1.54, 1.807) is 0 Å². The smallest absolute Gasteiger partial charge is 0.223 e. The van der Waals surface area contributed by atoms with E-state index in [1.807, 2.05) is 0 Å². The molecule has 0 radical (unpaired) electrons. The van der Waals surface area contributed by atoms with Crippen molar-refractivity contribution in [2.24, 2.45) is 5.92 Å². The lowest BCUT2D eigenvalue weighted by Gasteiger charge is -2.32. The molecule has 0 aromatic carbocycles. The van der Waals surface area contributed by atoms with Crippen molar-refractivity contribution in [3.05, 3.63) is 0 Å². The summed E-state index contributed by atoms with van der Waals surface area (Å²) in [6.07, 6.45) is 8.37. The number of likely N-dealkylation sites (N-methyl/N-ethyl adjacent to an activating group) is 1. The zero-order chi connectivity index (χ0) is 11.4. The molecule has 1 unspecified atom stereocenters. The second-order valence-corrected chi connectivity index (χ2v) is 5.44. The monoisotopic (exact) mass is 224 g/mol. The fourth-order valence-electron chi connectivity index (χ4n) is 2.97. The number of hydrogen-bond acceptors (Lipinski definition) is 2. The van der Waals surface area contributed by atoms with Gasteiger partial charge in [-0.1, -0.05) is 19.3 Å². The number of carbonyl (C=O) groups is 1. The van der Waals surface area contributed by atoms with E-state index in [2.05, 4.69) is 17.3 Å².